The van der Waals surface area contributed by atoms with Gasteiger partial charge in [-0.15, -0.1) is 11.3 Å². The molecule has 1 aliphatic rings. The highest BCUT2D eigenvalue weighted by molar-refractivity contribution is 7.13. The van der Waals surface area contributed by atoms with E-state index < -0.39 is 0 Å². The number of hydrogen-bond acceptors (Lipinski definition) is 4. The number of nitrogens with zero attached hydrogens (tertiary/aromatic N) is 2. The molecule has 22 heavy (non-hydrogen) atoms. The van der Waals surface area contributed by atoms with Gasteiger partial charge in [0.05, 0.1) is 4.88 Å². The topological polar surface area (TPSA) is 52.7 Å². The Bertz CT molecular complexity index is 521. The predicted molar refractivity (Wildman–Crippen MR) is 89.3 cm³/mol. The average Bonchev–Trinajstić information content (AvgIpc) is 2.93. The molecule has 0 bridgehead atoms. The van der Waals surface area contributed by atoms with Crippen molar-refractivity contribution < 1.29 is 9.59 Å². The van der Waals surface area contributed by atoms with Crippen molar-refractivity contribution in [2.75, 3.05) is 33.7 Å². The highest BCUT2D eigenvalue weighted by Crippen LogP contribution is 2.16. The number of carbonyl (C=O) groups is 2. The number of thiophene rings is 1. The SMILES string of the molecule is Cc1ccc(C(=O)NCCC(=O)N(C)C2CCN(C)CC2)s1. The van der Waals surface area contributed by atoms with Gasteiger partial charge in [0.1, 0.15) is 0 Å². The molecule has 1 fully saturated rings. The number of nitrogens with one attached hydrogen (secondary N) is 1. The molecule has 1 N–H and O–H groups in total. The maximum atomic E-state index is 12.2. The first kappa shape index (κ1) is 17.0. The quantitative estimate of drug-likeness (QED) is 0.898. The van der Waals surface area contributed by atoms with Gasteiger partial charge in [-0.2, -0.15) is 0 Å². The van der Waals surface area contributed by atoms with E-state index in [1.165, 1.54) is 11.3 Å². The lowest BCUT2D eigenvalue weighted by Crippen LogP contribution is -2.45. The Morgan fingerprint density at radius 3 is 2.64 bits per heavy atom. The first-order valence-electron chi connectivity index (χ1n) is 7.76. The number of amides is 2. The van der Waals surface area contributed by atoms with Crippen molar-refractivity contribution >= 4 is 23.2 Å². The predicted octanol–water partition coefficient (Wildman–Crippen LogP) is 1.73. The normalized spacial score (nSPS) is 16.5. The van der Waals surface area contributed by atoms with E-state index >= 15 is 0 Å². The van der Waals surface area contributed by atoms with Crippen LogP contribution in [-0.4, -0.2) is 61.4 Å². The third kappa shape index (κ3) is 4.55. The zero-order valence-electron chi connectivity index (χ0n) is 13.6. The van der Waals surface area contributed by atoms with Crippen LogP contribution < -0.4 is 5.32 Å². The van der Waals surface area contributed by atoms with Gasteiger partial charge in [-0.05, 0) is 52.0 Å². The lowest BCUT2D eigenvalue weighted by molar-refractivity contribution is -0.132. The van der Waals surface area contributed by atoms with Crippen LogP contribution in [0.25, 0.3) is 0 Å². The van der Waals surface area contributed by atoms with Crippen molar-refractivity contribution in [2.45, 2.75) is 32.2 Å². The van der Waals surface area contributed by atoms with Gasteiger partial charge < -0.3 is 15.1 Å². The van der Waals surface area contributed by atoms with Crippen molar-refractivity contribution in [1.29, 1.82) is 0 Å². The van der Waals surface area contributed by atoms with E-state index in [1.807, 2.05) is 31.0 Å². The van der Waals surface area contributed by atoms with Crippen LogP contribution in [0.1, 0.15) is 33.8 Å². The second-order valence-electron chi connectivity index (χ2n) is 5.96. The van der Waals surface area contributed by atoms with Crippen molar-refractivity contribution in [3.8, 4) is 0 Å². The summed E-state index contributed by atoms with van der Waals surface area (Å²) in [7, 11) is 3.99. The van der Waals surface area contributed by atoms with Gasteiger partial charge in [-0.25, -0.2) is 0 Å². The minimum absolute atomic E-state index is 0.0900. The van der Waals surface area contributed by atoms with Gasteiger partial charge >= 0.3 is 0 Å². The molecule has 0 spiro atoms. The number of hydrogen-bond donors (Lipinski definition) is 1. The molecule has 0 aromatic carbocycles. The Balaban J connectivity index is 1.72. The zero-order valence-corrected chi connectivity index (χ0v) is 14.4. The minimum Gasteiger partial charge on any atom is -0.351 e. The van der Waals surface area contributed by atoms with E-state index in [-0.39, 0.29) is 11.8 Å². The van der Waals surface area contributed by atoms with Crippen LogP contribution in [0.2, 0.25) is 0 Å². The summed E-state index contributed by atoms with van der Waals surface area (Å²) in [6, 6.07) is 4.08. The van der Waals surface area contributed by atoms with Crippen LogP contribution in [0, 0.1) is 6.92 Å². The summed E-state index contributed by atoms with van der Waals surface area (Å²) in [5, 5.41) is 2.82. The van der Waals surface area contributed by atoms with Crippen LogP contribution in [0.15, 0.2) is 12.1 Å². The molecule has 2 heterocycles. The number of carbonyl (C=O) groups excluding carboxylic acids is 2. The second-order valence-corrected chi connectivity index (χ2v) is 7.24. The fourth-order valence-corrected chi connectivity index (χ4v) is 3.47. The highest BCUT2D eigenvalue weighted by Gasteiger charge is 2.23. The van der Waals surface area contributed by atoms with Crippen LogP contribution in [0.3, 0.4) is 0 Å². The van der Waals surface area contributed by atoms with Crippen LogP contribution in [0.5, 0.6) is 0 Å². The molecule has 0 saturated carbocycles. The summed E-state index contributed by atoms with van der Waals surface area (Å²) >= 11 is 1.47. The van der Waals surface area contributed by atoms with E-state index in [4.69, 9.17) is 0 Å². The Labute approximate surface area is 136 Å². The molecular weight excluding hydrogens is 298 g/mol. The van der Waals surface area contributed by atoms with Crippen molar-refractivity contribution in [2.24, 2.45) is 0 Å². The van der Waals surface area contributed by atoms with Gasteiger partial charge in [-0.3, -0.25) is 9.59 Å². The molecule has 0 atom stereocenters. The van der Waals surface area contributed by atoms with Crippen LogP contribution in [-0.2, 0) is 4.79 Å². The molecule has 1 saturated heterocycles. The molecule has 122 valence electrons. The first-order chi connectivity index (χ1) is 10.5. The Morgan fingerprint density at radius 2 is 2.05 bits per heavy atom. The number of likely N-dealkylation sites (tertiary alicyclic amines) is 1. The number of piperidine rings is 1. The molecule has 0 radical (unpaired) electrons. The summed E-state index contributed by atoms with van der Waals surface area (Å²) in [5.74, 6) is 0.0186. The van der Waals surface area contributed by atoms with E-state index in [1.54, 1.807) is 0 Å². The van der Waals surface area contributed by atoms with E-state index in [0.29, 0.717) is 23.9 Å². The van der Waals surface area contributed by atoms with Crippen molar-refractivity contribution in [3.63, 3.8) is 0 Å². The fourth-order valence-electron chi connectivity index (χ4n) is 2.69. The van der Waals surface area contributed by atoms with Gasteiger partial charge in [0.15, 0.2) is 0 Å². The molecule has 0 aliphatic carbocycles. The van der Waals surface area contributed by atoms with Gasteiger partial charge in [-0.1, -0.05) is 0 Å². The maximum Gasteiger partial charge on any atom is 0.261 e. The monoisotopic (exact) mass is 323 g/mol. The van der Waals surface area contributed by atoms with Crippen LogP contribution in [0.4, 0.5) is 0 Å². The van der Waals surface area contributed by atoms with E-state index in [9.17, 15) is 9.59 Å². The van der Waals surface area contributed by atoms with E-state index in [2.05, 4.69) is 17.3 Å². The van der Waals surface area contributed by atoms with Gasteiger partial charge in [0.2, 0.25) is 5.91 Å². The average molecular weight is 323 g/mol. The second kappa shape index (κ2) is 7.74. The Hall–Kier alpha value is -1.40. The highest BCUT2D eigenvalue weighted by atomic mass is 32.1. The first-order valence-corrected chi connectivity index (χ1v) is 8.58. The molecular formula is C16H25N3O2S. The summed E-state index contributed by atoms with van der Waals surface area (Å²) in [6.07, 6.45) is 2.41. The lowest BCUT2D eigenvalue weighted by Gasteiger charge is -2.35. The molecule has 5 nitrogen and oxygen atoms in total. The third-order valence-corrected chi connectivity index (χ3v) is 5.22. The zero-order chi connectivity index (χ0) is 16.1. The summed E-state index contributed by atoms with van der Waals surface area (Å²) < 4.78 is 0. The molecule has 1 aromatic rings. The number of rotatable bonds is 5. The maximum absolute atomic E-state index is 12.2. The number of aryl methyl sites for hydroxylation is 1. The molecule has 1 aliphatic heterocycles. The minimum atomic E-state index is -0.0900. The summed E-state index contributed by atoms with van der Waals surface area (Å²) in [5.41, 5.74) is 0. The van der Waals surface area contributed by atoms with Crippen LogP contribution >= 0.6 is 11.3 Å². The van der Waals surface area contributed by atoms with E-state index in [0.717, 1.165) is 30.8 Å². The molecule has 6 heteroatoms. The van der Waals surface area contributed by atoms with Gasteiger partial charge in [0.25, 0.3) is 5.91 Å². The van der Waals surface area contributed by atoms with Crippen molar-refractivity contribution in [1.82, 2.24) is 15.1 Å². The third-order valence-electron chi connectivity index (χ3n) is 4.22. The smallest absolute Gasteiger partial charge is 0.261 e. The standard InChI is InChI=1S/C16H25N3O2S/c1-12-4-5-14(22-12)16(21)17-9-6-15(20)19(3)13-7-10-18(2)11-8-13/h4-5,13H,6-11H2,1-3H3,(H,17,21). The molecule has 1 aromatic heterocycles. The molecule has 2 amide bonds. The Morgan fingerprint density at radius 1 is 1.36 bits per heavy atom. The molecule has 0 unspecified atom stereocenters. The largest absolute Gasteiger partial charge is 0.351 e. The molecule has 2 rings (SSSR count). The van der Waals surface area contributed by atoms with Gasteiger partial charge in [0, 0.05) is 30.9 Å². The van der Waals surface area contributed by atoms with Crippen molar-refractivity contribution in [3.05, 3.63) is 21.9 Å². The fraction of sp³-hybridized carbons (Fsp3) is 0.625. The Kier molecular flexibility index (Phi) is 5.97. The summed E-state index contributed by atoms with van der Waals surface area (Å²) in [4.78, 5) is 30.1. The lowest BCUT2D eigenvalue weighted by atomic mass is 10.0. The summed E-state index contributed by atoms with van der Waals surface area (Å²) in [6.45, 7) is 4.45.